The lowest BCUT2D eigenvalue weighted by Gasteiger charge is -2.12. The predicted molar refractivity (Wildman–Crippen MR) is 104 cm³/mol. The number of carbonyl (C=O) groups is 2. The molecule has 0 aliphatic carbocycles. The van der Waals surface area contributed by atoms with Gasteiger partial charge in [-0.3, -0.25) is 9.59 Å². The smallest absolute Gasteiger partial charge is 0.343 e. The summed E-state index contributed by atoms with van der Waals surface area (Å²) >= 11 is 0. The fourth-order valence-corrected chi connectivity index (χ4v) is 2.72. The van der Waals surface area contributed by atoms with Gasteiger partial charge in [0.15, 0.2) is 12.3 Å². The Kier molecular flexibility index (Phi) is 5.39. The van der Waals surface area contributed by atoms with E-state index in [1.807, 2.05) is 0 Å². The second kappa shape index (κ2) is 7.91. The number of hydrogen-bond donors (Lipinski definition) is 1. The van der Waals surface area contributed by atoms with Crippen LogP contribution in [0.1, 0.15) is 16.1 Å². The molecule has 1 N–H and O–H groups in total. The van der Waals surface area contributed by atoms with E-state index >= 15 is 0 Å². The molecule has 0 spiro atoms. The van der Waals surface area contributed by atoms with Crippen LogP contribution in [-0.2, 0) is 16.6 Å². The molecule has 3 rings (SSSR count). The number of amides is 1. The molecule has 0 saturated carbocycles. The van der Waals surface area contributed by atoms with Crippen molar-refractivity contribution in [2.45, 2.75) is 6.92 Å². The third kappa shape index (κ3) is 3.85. The summed E-state index contributed by atoms with van der Waals surface area (Å²) in [5.74, 6) is -0.438. The van der Waals surface area contributed by atoms with Crippen LogP contribution in [0, 0.1) is 6.92 Å². The van der Waals surface area contributed by atoms with Gasteiger partial charge in [0.25, 0.3) is 11.5 Å². The van der Waals surface area contributed by atoms with Gasteiger partial charge in [0.1, 0.15) is 5.75 Å². The van der Waals surface area contributed by atoms with Gasteiger partial charge in [0.2, 0.25) is 0 Å². The van der Waals surface area contributed by atoms with E-state index in [-0.39, 0.29) is 17.9 Å². The molecule has 0 saturated heterocycles. The number of hydrogen-bond acceptors (Lipinski definition) is 6. The standard InChI is InChI=1S/C20H19N3O5/c1-12-10-13(28-11-17(24)27-3)8-9-16(12)21-19(25)18-14-6-4-5-7-15(14)20(26)23(2)22-18/h4-10H,11H2,1-3H3,(H,21,25). The molecule has 0 unspecified atom stereocenters. The summed E-state index contributed by atoms with van der Waals surface area (Å²) in [6.45, 7) is 1.60. The first-order valence-corrected chi connectivity index (χ1v) is 8.48. The molecule has 144 valence electrons. The predicted octanol–water partition coefficient (Wildman–Crippen LogP) is 2.05. The van der Waals surface area contributed by atoms with E-state index in [0.717, 1.165) is 10.2 Å². The van der Waals surface area contributed by atoms with Gasteiger partial charge in [0.05, 0.1) is 12.5 Å². The van der Waals surface area contributed by atoms with Gasteiger partial charge in [-0.1, -0.05) is 18.2 Å². The zero-order valence-electron chi connectivity index (χ0n) is 15.7. The van der Waals surface area contributed by atoms with Crippen molar-refractivity contribution in [3.05, 3.63) is 64.1 Å². The lowest BCUT2D eigenvalue weighted by atomic mass is 10.1. The molecule has 1 amide bonds. The molecule has 8 nitrogen and oxygen atoms in total. The van der Waals surface area contributed by atoms with Gasteiger partial charge < -0.3 is 14.8 Å². The summed E-state index contributed by atoms with van der Waals surface area (Å²) in [6.07, 6.45) is 0. The van der Waals surface area contributed by atoms with E-state index in [2.05, 4.69) is 15.2 Å². The molecule has 0 atom stereocenters. The summed E-state index contributed by atoms with van der Waals surface area (Å²) in [4.78, 5) is 36.2. The van der Waals surface area contributed by atoms with Gasteiger partial charge in [-0.15, -0.1) is 0 Å². The molecule has 0 aliphatic rings. The Morgan fingerprint density at radius 1 is 1.14 bits per heavy atom. The van der Waals surface area contributed by atoms with E-state index in [0.29, 0.717) is 22.2 Å². The molecule has 0 radical (unpaired) electrons. The highest BCUT2D eigenvalue weighted by molar-refractivity contribution is 6.11. The number of anilines is 1. The Morgan fingerprint density at radius 3 is 2.54 bits per heavy atom. The van der Waals surface area contributed by atoms with Gasteiger partial charge in [-0.25, -0.2) is 9.48 Å². The maximum Gasteiger partial charge on any atom is 0.343 e. The van der Waals surface area contributed by atoms with Crippen molar-refractivity contribution < 1.29 is 19.1 Å². The highest BCUT2D eigenvalue weighted by Crippen LogP contribution is 2.23. The number of esters is 1. The second-order valence-corrected chi connectivity index (χ2v) is 6.12. The highest BCUT2D eigenvalue weighted by Gasteiger charge is 2.16. The Balaban J connectivity index is 1.86. The van der Waals surface area contributed by atoms with Crippen LogP contribution in [0.2, 0.25) is 0 Å². The molecular weight excluding hydrogens is 362 g/mol. The van der Waals surface area contributed by atoms with Crippen molar-refractivity contribution in [3.63, 3.8) is 0 Å². The SMILES string of the molecule is COC(=O)COc1ccc(NC(=O)c2nn(C)c(=O)c3ccccc23)c(C)c1. The minimum atomic E-state index is -0.484. The Morgan fingerprint density at radius 2 is 1.86 bits per heavy atom. The topological polar surface area (TPSA) is 99.5 Å². The summed E-state index contributed by atoms with van der Waals surface area (Å²) in [5, 5.41) is 7.83. The number of nitrogens with one attached hydrogen (secondary N) is 1. The quantitative estimate of drug-likeness (QED) is 0.679. The monoisotopic (exact) mass is 381 g/mol. The zero-order valence-corrected chi connectivity index (χ0v) is 15.7. The van der Waals surface area contributed by atoms with E-state index in [9.17, 15) is 14.4 Å². The van der Waals surface area contributed by atoms with Crippen molar-refractivity contribution in [3.8, 4) is 5.75 Å². The van der Waals surface area contributed by atoms with Gasteiger partial charge in [0, 0.05) is 18.1 Å². The molecule has 8 heteroatoms. The Bertz CT molecular complexity index is 1120. The van der Waals surface area contributed by atoms with Gasteiger partial charge in [-0.2, -0.15) is 5.10 Å². The number of fused-ring (bicyclic) bond motifs is 1. The maximum absolute atomic E-state index is 12.8. The van der Waals surface area contributed by atoms with Crippen LogP contribution in [0.4, 0.5) is 5.69 Å². The zero-order chi connectivity index (χ0) is 20.3. The molecule has 0 bridgehead atoms. The molecule has 2 aromatic carbocycles. The van der Waals surface area contributed by atoms with Gasteiger partial charge >= 0.3 is 5.97 Å². The molecule has 28 heavy (non-hydrogen) atoms. The normalized spacial score (nSPS) is 10.5. The van der Waals surface area contributed by atoms with Crippen molar-refractivity contribution in [1.29, 1.82) is 0 Å². The van der Waals surface area contributed by atoms with Crippen LogP contribution >= 0.6 is 0 Å². The number of methoxy groups -OCH3 is 1. The number of rotatable bonds is 5. The molecular formula is C20H19N3O5. The molecule has 0 aliphatic heterocycles. The Labute approximate surface area is 160 Å². The molecule has 0 fully saturated rings. The largest absolute Gasteiger partial charge is 0.482 e. The lowest BCUT2D eigenvalue weighted by Crippen LogP contribution is -2.25. The van der Waals surface area contributed by atoms with Gasteiger partial charge in [-0.05, 0) is 36.8 Å². The van der Waals surface area contributed by atoms with Crippen molar-refractivity contribution in [2.75, 3.05) is 19.0 Å². The number of aromatic nitrogens is 2. The van der Waals surface area contributed by atoms with Crippen LogP contribution in [0.15, 0.2) is 47.3 Å². The average Bonchev–Trinajstić information content (AvgIpc) is 2.70. The van der Waals surface area contributed by atoms with Crippen LogP contribution in [0.25, 0.3) is 10.8 Å². The maximum atomic E-state index is 12.8. The minimum Gasteiger partial charge on any atom is -0.482 e. The third-order valence-corrected chi connectivity index (χ3v) is 4.20. The first-order chi connectivity index (χ1) is 13.4. The van der Waals surface area contributed by atoms with E-state index in [1.165, 1.54) is 14.2 Å². The van der Waals surface area contributed by atoms with E-state index in [1.54, 1.807) is 49.4 Å². The average molecular weight is 381 g/mol. The number of benzene rings is 2. The Hall–Kier alpha value is -3.68. The fraction of sp³-hybridized carbons (Fsp3) is 0.200. The summed E-state index contributed by atoms with van der Waals surface area (Å²) in [6, 6.07) is 11.8. The molecule has 3 aromatic rings. The first-order valence-electron chi connectivity index (χ1n) is 8.48. The summed E-state index contributed by atoms with van der Waals surface area (Å²) < 4.78 is 11.0. The van der Waals surface area contributed by atoms with Crippen LogP contribution in [0.5, 0.6) is 5.75 Å². The third-order valence-electron chi connectivity index (χ3n) is 4.20. The van der Waals surface area contributed by atoms with Crippen LogP contribution < -0.4 is 15.6 Å². The van der Waals surface area contributed by atoms with E-state index < -0.39 is 11.9 Å². The summed E-state index contributed by atoms with van der Waals surface area (Å²) in [7, 11) is 2.79. The van der Waals surface area contributed by atoms with Crippen molar-refractivity contribution in [1.82, 2.24) is 9.78 Å². The van der Waals surface area contributed by atoms with Crippen molar-refractivity contribution >= 4 is 28.3 Å². The lowest BCUT2D eigenvalue weighted by molar-refractivity contribution is -0.142. The number of ether oxygens (including phenoxy) is 2. The van der Waals surface area contributed by atoms with Crippen LogP contribution in [-0.4, -0.2) is 35.4 Å². The number of aryl methyl sites for hydroxylation is 2. The van der Waals surface area contributed by atoms with E-state index in [4.69, 9.17) is 4.74 Å². The van der Waals surface area contributed by atoms with Crippen LogP contribution in [0.3, 0.4) is 0 Å². The number of nitrogens with zero attached hydrogens (tertiary/aromatic N) is 2. The molecule has 1 aromatic heterocycles. The minimum absolute atomic E-state index is 0.156. The van der Waals surface area contributed by atoms with Crippen molar-refractivity contribution in [2.24, 2.45) is 7.05 Å². The second-order valence-electron chi connectivity index (χ2n) is 6.12. The number of carbonyl (C=O) groups excluding carboxylic acids is 2. The molecule has 1 heterocycles. The fourth-order valence-electron chi connectivity index (χ4n) is 2.72. The highest BCUT2D eigenvalue weighted by atomic mass is 16.6. The first kappa shape index (κ1) is 19.1. The summed E-state index contributed by atoms with van der Waals surface area (Å²) in [5.41, 5.74) is 1.19.